The molecule has 0 aliphatic carbocycles. The van der Waals surface area contributed by atoms with Gasteiger partial charge in [-0.15, -0.1) is 0 Å². The number of carbonyl (C=O) groups excluding carboxylic acids is 1. The van der Waals surface area contributed by atoms with Crippen LogP contribution in [0.25, 0.3) is 0 Å². The summed E-state index contributed by atoms with van der Waals surface area (Å²) >= 11 is 0. The molecule has 156 valence electrons. The number of benzene rings is 2. The van der Waals surface area contributed by atoms with Crippen molar-refractivity contribution in [3.8, 4) is 0 Å². The number of rotatable bonds is 6. The molecule has 29 heavy (non-hydrogen) atoms. The van der Waals surface area contributed by atoms with E-state index in [0.29, 0.717) is 24.2 Å². The number of hydrogen-bond acceptors (Lipinski definition) is 3. The maximum absolute atomic E-state index is 13.2. The highest BCUT2D eigenvalue weighted by Crippen LogP contribution is 2.20. The van der Waals surface area contributed by atoms with E-state index in [-0.39, 0.29) is 23.8 Å². The molecule has 1 fully saturated rings. The van der Waals surface area contributed by atoms with E-state index < -0.39 is 21.7 Å². The van der Waals surface area contributed by atoms with Crippen molar-refractivity contribution in [2.45, 2.75) is 37.0 Å². The molecule has 1 saturated heterocycles. The van der Waals surface area contributed by atoms with Crippen LogP contribution in [0.1, 0.15) is 41.6 Å². The SMILES string of the molecule is O=C(NCCc1cc(F)cc(F)c1)c1ccc(S(=O)(=O)N2CCCCCC2)cc1. The van der Waals surface area contributed by atoms with Gasteiger partial charge in [0, 0.05) is 31.3 Å². The molecule has 1 N–H and O–H groups in total. The summed E-state index contributed by atoms with van der Waals surface area (Å²) in [7, 11) is -3.56. The summed E-state index contributed by atoms with van der Waals surface area (Å²) in [5.41, 5.74) is 0.770. The van der Waals surface area contributed by atoms with E-state index in [1.54, 1.807) is 0 Å². The molecule has 0 unspecified atom stereocenters. The highest BCUT2D eigenvalue weighted by Gasteiger charge is 2.25. The third-order valence-electron chi connectivity index (χ3n) is 4.94. The molecule has 2 aromatic carbocycles. The fraction of sp³-hybridized carbons (Fsp3) is 0.381. The molecule has 0 saturated carbocycles. The number of amides is 1. The first kappa shape index (κ1) is 21.4. The number of halogens is 2. The predicted octanol–water partition coefficient (Wildman–Crippen LogP) is 3.50. The summed E-state index contributed by atoms with van der Waals surface area (Å²) in [6.07, 6.45) is 4.06. The minimum Gasteiger partial charge on any atom is -0.352 e. The minimum atomic E-state index is -3.56. The van der Waals surface area contributed by atoms with Crippen LogP contribution in [0.4, 0.5) is 8.78 Å². The summed E-state index contributed by atoms with van der Waals surface area (Å²) in [6, 6.07) is 9.07. The van der Waals surface area contributed by atoms with Crippen LogP contribution in [-0.4, -0.2) is 38.3 Å². The fourth-order valence-corrected chi connectivity index (χ4v) is 4.90. The maximum atomic E-state index is 13.2. The van der Waals surface area contributed by atoms with Crippen molar-refractivity contribution in [1.82, 2.24) is 9.62 Å². The Morgan fingerprint density at radius 2 is 1.52 bits per heavy atom. The molecular formula is C21H24F2N2O3S. The van der Waals surface area contributed by atoms with Gasteiger partial charge in [-0.3, -0.25) is 4.79 Å². The normalized spacial score (nSPS) is 15.7. The third-order valence-corrected chi connectivity index (χ3v) is 6.85. The lowest BCUT2D eigenvalue weighted by molar-refractivity contribution is 0.0954. The highest BCUT2D eigenvalue weighted by atomic mass is 32.2. The van der Waals surface area contributed by atoms with Gasteiger partial charge in [0.05, 0.1) is 4.90 Å². The van der Waals surface area contributed by atoms with Crippen LogP contribution in [0.15, 0.2) is 47.4 Å². The molecule has 5 nitrogen and oxygen atoms in total. The Balaban J connectivity index is 1.59. The van der Waals surface area contributed by atoms with Crippen molar-refractivity contribution in [3.05, 3.63) is 65.2 Å². The van der Waals surface area contributed by atoms with Crippen LogP contribution in [-0.2, 0) is 16.4 Å². The van der Waals surface area contributed by atoms with Gasteiger partial charge in [-0.05, 0) is 61.2 Å². The number of hydrogen-bond donors (Lipinski definition) is 1. The molecule has 0 bridgehead atoms. The molecule has 0 radical (unpaired) electrons. The van der Waals surface area contributed by atoms with Crippen molar-refractivity contribution in [2.24, 2.45) is 0 Å². The molecule has 3 rings (SSSR count). The van der Waals surface area contributed by atoms with Gasteiger partial charge in [0.2, 0.25) is 10.0 Å². The maximum Gasteiger partial charge on any atom is 0.251 e. The molecule has 1 amide bonds. The predicted molar refractivity (Wildman–Crippen MR) is 106 cm³/mol. The Morgan fingerprint density at radius 1 is 0.931 bits per heavy atom. The molecule has 1 heterocycles. The number of nitrogens with one attached hydrogen (secondary N) is 1. The zero-order valence-corrected chi connectivity index (χ0v) is 16.9. The zero-order valence-electron chi connectivity index (χ0n) is 16.0. The first-order chi connectivity index (χ1) is 13.9. The lowest BCUT2D eigenvalue weighted by atomic mass is 10.1. The molecule has 0 atom stereocenters. The smallest absolute Gasteiger partial charge is 0.251 e. The molecule has 1 aliphatic rings. The van der Waals surface area contributed by atoms with E-state index in [4.69, 9.17) is 0 Å². The second-order valence-electron chi connectivity index (χ2n) is 7.13. The van der Waals surface area contributed by atoms with Crippen LogP contribution >= 0.6 is 0 Å². The second-order valence-corrected chi connectivity index (χ2v) is 9.06. The van der Waals surface area contributed by atoms with E-state index in [2.05, 4.69) is 5.32 Å². The summed E-state index contributed by atoms with van der Waals surface area (Å²) in [5, 5.41) is 2.67. The van der Waals surface area contributed by atoms with Gasteiger partial charge < -0.3 is 5.32 Å². The van der Waals surface area contributed by atoms with E-state index in [0.717, 1.165) is 31.7 Å². The van der Waals surface area contributed by atoms with Crippen LogP contribution in [0, 0.1) is 11.6 Å². The Labute approximate surface area is 169 Å². The van der Waals surface area contributed by atoms with Crippen molar-refractivity contribution < 1.29 is 22.0 Å². The Morgan fingerprint density at radius 3 is 2.10 bits per heavy atom. The van der Waals surface area contributed by atoms with Crippen LogP contribution in [0.5, 0.6) is 0 Å². The van der Waals surface area contributed by atoms with Gasteiger partial charge in [0.25, 0.3) is 5.91 Å². The lowest BCUT2D eigenvalue weighted by Gasteiger charge is -2.20. The van der Waals surface area contributed by atoms with Gasteiger partial charge in [-0.2, -0.15) is 4.31 Å². The van der Waals surface area contributed by atoms with Gasteiger partial charge in [-0.25, -0.2) is 17.2 Å². The number of carbonyl (C=O) groups is 1. The Kier molecular flexibility index (Phi) is 6.97. The Hall–Kier alpha value is -2.32. The summed E-state index contributed by atoms with van der Waals surface area (Å²) in [6.45, 7) is 1.24. The molecule has 8 heteroatoms. The fourth-order valence-electron chi connectivity index (χ4n) is 3.39. The van der Waals surface area contributed by atoms with Crippen LogP contribution < -0.4 is 5.32 Å². The quantitative estimate of drug-likeness (QED) is 0.775. The van der Waals surface area contributed by atoms with Crippen molar-refractivity contribution in [2.75, 3.05) is 19.6 Å². The van der Waals surface area contributed by atoms with Crippen LogP contribution in [0.3, 0.4) is 0 Å². The molecule has 0 aromatic heterocycles. The molecular weight excluding hydrogens is 398 g/mol. The van der Waals surface area contributed by atoms with E-state index >= 15 is 0 Å². The summed E-state index contributed by atoms with van der Waals surface area (Å²) in [4.78, 5) is 12.4. The standard InChI is InChI=1S/C21H24F2N2O3S/c22-18-13-16(14-19(23)15-18)9-10-24-21(26)17-5-7-20(8-6-17)29(27,28)25-11-3-1-2-4-12-25/h5-8,13-15H,1-4,9-12H2,(H,24,26). The topological polar surface area (TPSA) is 66.5 Å². The zero-order chi connectivity index (χ0) is 20.9. The van der Waals surface area contributed by atoms with Crippen molar-refractivity contribution >= 4 is 15.9 Å². The van der Waals surface area contributed by atoms with Gasteiger partial charge in [0.1, 0.15) is 11.6 Å². The largest absolute Gasteiger partial charge is 0.352 e. The first-order valence-electron chi connectivity index (χ1n) is 9.70. The highest BCUT2D eigenvalue weighted by molar-refractivity contribution is 7.89. The molecule has 2 aromatic rings. The van der Waals surface area contributed by atoms with E-state index in [1.807, 2.05) is 0 Å². The van der Waals surface area contributed by atoms with E-state index in [1.165, 1.54) is 40.7 Å². The third kappa shape index (κ3) is 5.61. The minimum absolute atomic E-state index is 0.172. The van der Waals surface area contributed by atoms with E-state index in [9.17, 15) is 22.0 Å². The average Bonchev–Trinajstić information content (AvgIpc) is 2.97. The van der Waals surface area contributed by atoms with Gasteiger partial charge >= 0.3 is 0 Å². The van der Waals surface area contributed by atoms with Crippen molar-refractivity contribution in [3.63, 3.8) is 0 Å². The van der Waals surface area contributed by atoms with Gasteiger partial charge in [0.15, 0.2) is 0 Å². The number of sulfonamides is 1. The second kappa shape index (κ2) is 9.45. The Bertz CT molecular complexity index is 934. The van der Waals surface area contributed by atoms with Crippen molar-refractivity contribution in [1.29, 1.82) is 0 Å². The first-order valence-corrected chi connectivity index (χ1v) is 11.1. The number of nitrogens with zero attached hydrogens (tertiary/aromatic N) is 1. The average molecular weight is 422 g/mol. The van der Waals surface area contributed by atoms with Gasteiger partial charge in [-0.1, -0.05) is 12.8 Å². The lowest BCUT2D eigenvalue weighted by Crippen LogP contribution is -2.32. The summed E-state index contributed by atoms with van der Waals surface area (Å²) < 4.78 is 53.4. The summed E-state index contributed by atoms with van der Waals surface area (Å²) in [5.74, 6) is -1.69. The van der Waals surface area contributed by atoms with Crippen LogP contribution in [0.2, 0.25) is 0 Å². The monoisotopic (exact) mass is 422 g/mol. The molecule has 1 aliphatic heterocycles. The molecule has 0 spiro atoms.